The number of carbonyl (C=O) groups is 1. The summed E-state index contributed by atoms with van der Waals surface area (Å²) in [6.45, 7) is 13.2. The fraction of sp³-hybridized carbons (Fsp3) is 0.600. The Labute approximate surface area is 269 Å². The van der Waals surface area contributed by atoms with E-state index < -0.39 is 0 Å². The number of carbonyl (C=O) groups excluding carboxylic acids is 1. The van der Waals surface area contributed by atoms with Crippen molar-refractivity contribution in [3.63, 3.8) is 0 Å². The molecule has 1 aromatic carbocycles. The van der Waals surface area contributed by atoms with Crippen molar-refractivity contribution in [2.45, 2.75) is 130 Å². The van der Waals surface area contributed by atoms with Crippen molar-refractivity contribution >= 4 is 22.8 Å². The molecule has 0 fully saturated rings. The van der Waals surface area contributed by atoms with Crippen LogP contribution in [-0.4, -0.2) is 42.2 Å². The Morgan fingerprint density at radius 3 is 1.52 bits per heavy atom. The fourth-order valence-corrected chi connectivity index (χ4v) is 6.25. The minimum atomic E-state index is -0.123. The monoisotopic (exact) mass is 600 g/mol. The van der Waals surface area contributed by atoms with Gasteiger partial charge in [0.25, 0.3) is 0 Å². The number of hydrogen-bond donors (Lipinski definition) is 0. The van der Waals surface area contributed by atoms with Gasteiger partial charge in [0.15, 0.2) is 11.5 Å². The molecule has 0 spiro atoms. The minimum Gasteiger partial charge on any atom is -0.871 e. The van der Waals surface area contributed by atoms with Crippen LogP contribution >= 0.6 is 0 Å². The van der Waals surface area contributed by atoms with Crippen LogP contribution in [0.5, 0.6) is 0 Å². The average molecular weight is 601 g/mol. The van der Waals surface area contributed by atoms with Crippen molar-refractivity contribution in [3.8, 4) is 0 Å². The highest BCUT2D eigenvalue weighted by molar-refractivity contribution is 6.39. The maximum Gasteiger partial charge on any atom is 0.199 e. The highest BCUT2D eigenvalue weighted by Crippen LogP contribution is 2.38. The van der Waals surface area contributed by atoms with Crippen LogP contribution < -0.4 is 10.0 Å². The number of ketones is 1. The maximum atomic E-state index is 13.3. The molecule has 0 heterocycles. The van der Waals surface area contributed by atoms with Gasteiger partial charge in [0.05, 0.1) is 0 Å². The van der Waals surface area contributed by atoms with Gasteiger partial charge < -0.3 is 10.0 Å². The summed E-state index contributed by atoms with van der Waals surface area (Å²) in [6, 6.07) is 8.15. The Bertz CT molecular complexity index is 1140. The standard InChI is InChI=1S/C40H60N2O2/c1-5-9-13-17-29-41(30-18-14-10-6-2)35-25-21-33(22-26-35)37-39(43)38(40(37)44)34-23-27-36(28-24-34)42(31-19-15-11-7-3)32-20-16-12-8-4/h21-28H,5-20,29-32H2,1-4H3. The molecule has 4 heteroatoms. The quantitative estimate of drug-likeness (QED) is 0.0757. The van der Waals surface area contributed by atoms with Gasteiger partial charge in [-0.25, -0.2) is 4.58 Å². The molecular formula is C40H60N2O2. The molecule has 0 radical (unpaired) electrons. The van der Waals surface area contributed by atoms with E-state index in [1.807, 2.05) is 24.3 Å². The lowest BCUT2D eigenvalue weighted by Crippen LogP contribution is -2.30. The third-order valence-corrected chi connectivity index (χ3v) is 9.08. The number of rotatable bonds is 22. The van der Waals surface area contributed by atoms with E-state index in [0.29, 0.717) is 11.1 Å². The fourth-order valence-electron chi connectivity index (χ4n) is 6.25. The molecular weight excluding hydrogens is 540 g/mol. The molecule has 4 nitrogen and oxygen atoms in total. The molecule has 0 amide bonds. The Morgan fingerprint density at radius 2 is 1.07 bits per heavy atom. The highest BCUT2D eigenvalue weighted by Gasteiger charge is 2.30. The van der Waals surface area contributed by atoms with Crippen molar-refractivity contribution in [2.24, 2.45) is 0 Å². The lowest BCUT2D eigenvalue weighted by atomic mass is 9.80. The number of unbranched alkanes of at least 4 members (excludes halogenated alkanes) is 12. The van der Waals surface area contributed by atoms with E-state index in [1.165, 1.54) is 114 Å². The Morgan fingerprint density at radius 1 is 0.591 bits per heavy atom. The molecule has 3 rings (SSSR count). The van der Waals surface area contributed by atoms with Gasteiger partial charge in [-0.05, 0) is 61.1 Å². The number of benzene rings is 1. The summed E-state index contributed by atoms with van der Waals surface area (Å²) in [6.07, 6.45) is 28.1. The summed E-state index contributed by atoms with van der Waals surface area (Å²) in [7, 11) is 0. The van der Waals surface area contributed by atoms with Crippen LogP contribution in [0.2, 0.25) is 0 Å². The van der Waals surface area contributed by atoms with E-state index in [9.17, 15) is 9.90 Å². The number of Topliss-reactive ketones (excluding diaryl/α,β-unsaturated/α-hetero) is 1. The first kappa shape index (κ1) is 35.6. The summed E-state index contributed by atoms with van der Waals surface area (Å²) in [5.74, 6) is -0.245. The SMILES string of the molecule is CCCCCCN(CCCCCC)c1ccc(C2=C([O-])C(=C3C=CC(=[N+](CCCCCC)CCCCCC)C=C3)C2=O)cc1. The third kappa shape index (κ3) is 10.6. The van der Waals surface area contributed by atoms with Crippen molar-refractivity contribution in [2.75, 3.05) is 31.1 Å². The summed E-state index contributed by atoms with van der Waals surface area (Å²) in [4.78, 5) is 15.8. The molecule has 0 aromatic heterocycles. The van der Waals surface area contributed by atoms with Crippen LogP contribution in [0, 0.1) is 0 Å². The third-order valence-electron chi connectivity index (χ3n) is 9.08. The molecule has 2 aliphatic rings. The van der Waals surface area contributed by atoms with Gasteiger partial charge in [0.1, 0.15) is 13.1 Å². The molecule has 0 saturated heterocycles. The smallest absolute Gasteiger partial charge is 0.199 e. The molecule has 44 heavy (non-hydrogen) atoms. The van der Waals surface area contributed by atoms with Gasteiger partial charge in [0, 0.05) is 54.9 Å². The number of hydrogen-bond acceptors (Lipinski definition) is 3. The first-order chi connectivity index (χ1) is 21.5. The predicted molar refractivity (Wildman–Crippen MR) is 187 cm³/mol. The zero-order chi connectivity index (χ0) is 31.6. The van der Waals surface area contributed by atoms with Crippen LogP contribution in [-0.2, 0) is 4.79 Å². The van der Waals surface area contributed by atoms with Crippen LogP contribution in [0.3, 0.4) is 0 Å². The van der Waals surface area contributed by atoms with Gasteiger partial charge in [-0.3, -0.25) is 4.79 Å². The van der Waals surface area contributed by atoms with E-state index in [4.69, 9.17) is 0 Å². The van der Waals surface area contributed by atoms with Crippen LogP contribution in [0.15, 0.2) is 65.5 Å². The second-order valence-corrected chi connectivity index (χ2v) is 12.7. The number of allylic oxidation sites excluding steroid dienone is 7. The molecule has 0 bridgehead atoms. The average Bonchev–Trinajstić information content (AvgIpc) is 3.04. The topological polar surface area (TPSA) is 46.4 Å². The summed E-state index contributed by atoms with van der Waals surface area (Å²) >= 11 is 0. The van der Waals surface area contributed by atoms with Crippen LogP contribution in [0.4, 0.5) is 5.69 Å². The number of anilines is 1. The first-order valence-electron chi connectivity index (χ1n) is 18.1. The zero-order valence-electron chi connectivity index (χ0n) is 28.5. The largest absolute Gasteiger partial charge is 0.871 e. The maximum absolute atomic E-state index is 13.3. The van der Waals surface area contributed by atoms with Crippen molar-refractivity contribution in [1.82, 2.24) is 0 Å². The first-order valence-corrected chi connectivity index (χ1v) is 18.1. The molecule has 0 atom stereocenters. The van der Waals surface area contributed by atoms with Gasteiger partial charge in [-0.2, -0.15) is 0 Å². The summed E-state index contributed by atoms with van der Waals surface area (Å²) in [5, 5.41) is 13.3. The van der Waals surface area contributed by atoms with E-state index in [0.717, 1.165) is 37.3 Å². The normalized spacial score (nSPS) is 14.5. The van der Waals surface area contributed by atoms with Gasteiger partial charge in [-0.15, -0.1) is 0 Å². The van der Waals surface area contributed by atoms with E-state index in [-0.39, 0.29) is 11.5 Å². The second-order valence-electron chi connectivity index (χ2n) is 12.7. The molecule has 0 aliphatic heterocycles. The second kappa shape index (κ2) is 20.2. The lowest BCUT2D eigenvalue weighted by molar-refractivity contribution is -0.527. The van der Waals surface area contributed by atoms with Gasteiger partial charge in [0.2, 0.25) is 0 Å². The Hall–Kier alpha value is -2.88. The van der Waals surface area contributed by atoms with E-state index in [1.54, 1.807) is 0 Å². The lowest BCUT2D eigenvalue weighted by Gasteiger charge is -2.32. The van der Waals surface area contributed by atoms with Crippen molar-refractivity contribution in [1.29, 1.82) is 0 Å². The van der Waals surface area contributed by atoms with Gasteiger partial charge in [-0.1, -0.05) is 110 Å². The van der Waals surface area contributed by atoms with E-state index >= 15 is 0 Å². The molecule has 2 aliphatic carbocycles. The minimum absolute atomic E-state index is 0.123. The Balaban J connectivity index is 1.72. The predicted octanol–water partition coefficient (Wildman–Crippen LogP) is 9.34. The molecule has 0 saturated carbocycles. The van der Waals surface area contributed by atoms with Crippen LogP contribution in [0.25, 0.3) is 5.57 Å². The molecule has 242 valence electrons. The summed E-state index contributed by atoms with van der Waals surface area (Å²) in [5.41, 5.74) is 4.53. The molecule has 1 aromatic rings. The van der Waals surface area contributed by atoms with Crippen LogP contribution in [0.1, 0.15) is 136 Å². The number of nitrogens with zero attached hydrogens (tertiary/aromatic N) is 2. The molecule has 0 unspecified atom stereocenters. The molecule has 0 N–H and O–H groups in total. The zero-order valence-corrected chi connectivity index (χ0v) is 28.5. The van der Waals surface area contributed by atoms with Gasteiger partial charge >= 0.3 is 0 Å². The summed E-state index contributed by atoms with van der Waals surface area (Å²) < 4.78 is 2.49. The highest BCUT2D eigenvalue weighted by atomic mass is 16.3. The van der Waals surface area contributed by atoms with E-state index in [2.05, 4.69) is 61.5 Å². The van der Waals surface area contributed by atoms with Crippen molar-refractivity contribution < 1.29 is 14.5 Å². The Kier molecular flexibility index (Phi) is 16.3. The van der Waals surface area contributed by atoms with Crippen molar-refractivity contribution in [3.05, 3.63) is 71.0 Å².